The first-order valence-electron chi connectivity index (χ1n) is 22.7. The number of fused-ring (bicyclic) bond motifs is 12. The van der Waals surface area contributed by atoms with E-state index in [-0.39, 0.29) is 17.5 Å². The molecular formula is C59H48BN3O. The molecule has 2 aliphatic heterocycles. The van der Waals surface area contributed by atoms with Gasteiger partial charge in [-0.15, -0.1) is 0 Å². The standard InChI is InChI=1S/C59H48BN3O/c1-35-18-8-13-26-46(35)61(47-27-14-9-19-36(47)2)38-30-31-44-49(34-38)62(48-28-17-22-40-39-20-11-15-29-52(39)64-56(40)48)50-32-37(58(3,4)5)33-51-54(50)60(44)45-25-16-23-42-53-41-21-10-12-24-43(41)59(6,7)57(53)63(51)55(42)45/h8-34H,1-7H3. The topological polar surface area (TPSA) is 24.6 Å². The smallest absolute Gasteiger partial charge is 0.252 e. The molecule has 0 amide bonds. The number of aromatic nitrogens is 1. The maximum atomic E-state index is 6.97. The number of hydrogen-bond acceptors (Lipinski definition) is 3. The summed E-state index contributed by atoms with van der Waals surface area (Å²) >= 11 is 0. The van der Waals surface area contributed by atoms with Gasteiger partial charge in [0, 0.05) is 72.5 Å². The van der Waals surface area contributed by atoms with Crippen molar-refractivity contribution in [3.05, 3.63) is 192 Å². The molecule has 10 aromatic rings. The van der Waals surface area contributed by atoms with Crippen LogP contribution in [0.15, 0.2) is 168 Å². The minimum atomic E-state index is -0.213. The van der Waals surface area contributed by atoms with Crippen molar-refractivity contribution in [1.82, 2.24) is 4.57 Å². The number of aryl methyl sites for hydroxylation is 2. The van der Waals surface area contributed by atoms with Gasteiger partial charge in [0.25, 0.3) is 6.71 Å². The molecule has 0 unspecified atom stereocenters. The monoisotopic (exact) mass is 825 g/mol. The van der Waals surface area contributed by atoms with Crippen LogP contribution in [0.2, 0.25) is 0 Å². The van der Waals surface area contributed by atoms with Gasteiger partial charge in [-0.2, -0.15) is 0 Å². The van der Waals surface area contributed by atoms with Gasteiger partial charge < -0.3 is 18.8 Å². The van der Waals surface area contributed by atoms with Crippen LogP contribution in [0.5, 0.6) is 0 Å². The highest BCUT2D eigenvalue weighted by molar-refractivity contribution is 7.00. The molecule has 0 fully saturated rings. The molecule has 0 bridgehead atoms. The third kappa shape index (κ3) is 4.90. The van der Waals surface area contributed by atoms with E-state index in [4.69, 9.17) is 4.42 Å². The first-order valence-corrected chi connectivity index (χ1v) is 22.7. The van der Waals surface area contributed by atoms with Gasteiger partial charge in [-0.1, -0.05) is 150 Å². The highest BCUT2D eigenvalue weighted by atomic mass is 16.3. The van der Waals surface area contributed by atoms with Crippen LogP contribution in [0.4, 0.5) is 34.1 Å². The molecule has 308 valence electrons. The number of furan rings is 1. The second-order valence-corrected chi connectivity index (χ2v) is 19.8. The molecule has 64 heavy (non-hydrogen) atoms. The SMILES string of the molecule is Cc1ccccc1N(c1ccc2c(c1)N(c1cccc3c1oc1ccccc13)c1cc(C(C)(C)C)cc3c1B2c1cccc2c4c(n-3c12)C(C)(C)c1ccccc1-4)c1ccccc1C. The molecule has 5 heteroatoms. The normalized spacial score (nSPS) is 14.2. The first-order chi connectivity index (χ1) is 31.0. The number of benzene rings is 8. The lowest BCUT2D eigenvalue weighted by atomic mass is 9.33. The molecular weight excluding hydrogens is 777 g/mol. The van der Waals surface area contributed by atoms with Gasteiger partial charge in [0.1, 0.15) is 5.58 Å². The largest absolute Gasteiger partial charge is 0.454 e. The maximum absolute atomic E-state index is 6.97. The van der Waals surface area contributed by atoms with Gasteiger partial charge in [-0.05, 0) is 112 Å². The highest BCUT2D eigenvalue weighted by Crippen LogP contribution is 2.55. The zero-order valence-corrected chi connectivity index (χ0v) is 37.4. The number of para-hydroxylation sites is 5. The van der Waals surface area contributed by atoms with E-state index in [0.29, 0.717) is 0 Å². The van der Waals surface area contributed by atoms with Crippen LogP contribution in [0.1, 0.15) is 62.6 Å². The Balaban J connectivity index is 1.18. The highest BCUT2D eigenvalue weighted by Gasteiger charge is 2.48. The number of nitrogens with zero attached hydrogens (tertiary/aromatic N) is 3. The predicted octanol–water partition coefficient (Wildman–Crippen LogP) is 13.8. The zero-order valence-electron chi connectivity index (χ0n) is 37.4. The van der Waals surface area contributed by atoms with Crippen molar-refractivity contribution in [3.8, 4) is 16.8 Å². The van der Waals surface area contributed by atoms with Crippen LogP contribution in [-0.2, 0) is 10.8 Å². The quantitative estimate of drug-likeness (QED) is 0.165. The van der Waals surface area contributed by atoms with Gasteiger partial charge in [-0.3, -0.25) is 0 Å². The molecule has 0 atom stereocenters. The van der Waals surface area contributed by atoms with Crippen molar-refractivity contribution < 1.29 is 4.42 Å². The van der Waals surface area contributed by atoms with E-state index in [1.54, 1.807) is 0 Å². The Hall–Kier alpha value is -7.24. The van der Waals surface area contributed by atoms with Crippen molar-refractivity contribution in [2.75, 3.05) is 9.80 Å². The van der Waals surface area contributed by atoms with E-state index in [0.717, 1.165) is 50.4 Å². The summed E-state index contributed by atoms with van der Waals surface area (Å²) in [6.07, 6.45) is 0. The lowest BCUT2D eigenvalue weighted by Gasteiger charge is -2.42. The van der Waals surface area contributed by atoms with E-state index < -0.39 is 0 Å². The molecule has 0 saturated heterocycles. The van der Waals surface area contributed by atoms with Crippen LogP contribution >= 0.6 is 0 Å². The summed E-state index contributed by atoms with van der Waals surface area (Å²) < 4.78 is 9.65. The first kappa shape index (κ1) is 37.3. The molecule has 0 radical (unpaired) electrons. The average Bonchev–Trinajstić information content (AvgIpc) is 3.93. The second-order valence-electron chi connectivity index (χ2n) is 19.8. The average molecular weight is 826 g/mol. The van der Waals surface area contributed by atoms with Crippen molar-refractivity contribution in [2.24, 2.45) is 0 Å². The molecule has 2 aromatic heterocycles. The molecule has 1 aliphatic carbocycles. The molecule has 8 aromatic carbocycles. The Labute approximate surface area is 375 Å². The van der Waals surface area contributed by atoms with Gasteiger partial charge >= 0.3 is 0 Å². The lowest BCUT2D eigenvalue weighted by Crippen LogP contribution is -2.60. The Morgan fingerprint density at radius 2 is 1.23 bits per heavy atom. The molecule has 0 spiro atoms. The molecule has 0 saturated carbocycles. The Morgan fingerprint density at radius 1 is 0.578 bits per heavy atom. The predicted molar refractivity (Wildman–Crippen MR) is 270 cm³/mol. The minimum Gasteiger partial charge on any atom is -0.454 e. The Bertz CT molecular complexity index is 3590. The van der Waals surface area contributed by atoms with Gasteiger partial charge in [0.15, 0.2) is 5.58 Å². The van der Waals surface area contributed by atoms with Crippen LogP contribution in [-0.4, -0.2) is 11.3 Å². The fraction of sp³-hybridized carbons (Fsp3) is 0.153. The van der Waals surface area contributed by atoms with E-state index in [9.17, 15) is 0 Å². The summed E-state index contributed by atoms with van der Waals surface area (Å²) in [7, 11) is 0. The molecule has 4 nitrogen and oxygen atoms in total. The number of hydrogen-bond donors (Lipinski definition) is 0. The van der Waals surface area contributed by atoms with E-state index in [2.05, 4.69) is 227 Å². The van der Waals surface area contributed by atoms with Crippen LogP contribution in [0, 0.1) is 13.8 Å². The molecule has 3 aliphatic rings. The van der Waals surface area contributed by atoms with Crippen molar-refractivity contribution in [2.45, 2.75) is 59.3 Å². The number of rotatable bonds is 4. The summed E-state index contributed by atoms with van der Waals surface area (Å²) in [5, 5.41) is 3.57. The maximum Gasteiger partial charge on any atom is 0.252 e. The van der Waals surface area contributed by atoms with E-state index >= 15 is 0 Å². The van der Waals surface area contributed by atoms with Crippen molar-refractivity contribution >= 4 is 90.1 Å². The minimum absolute atomic E-state index is 0.0100. The fourth-order valence-electron chi connectivity index (χ4n) is 11.7. The fourth-order valence-corrected chi connectivity index (χ4v) is 11.7. The van der Waals surface area contributed by atoms with Crippen LogP contribution in [0.25, 0.3) is 49.7 Å². The van der Waals surface area contributed by atoms with Gasteiger partial charge in [0.2, 0.25) is 0 Å². The molecule has 4 heterocycles. The van der Waals surface area contributed by atoms with Gasteiger partial charge in [-0.25, -0.2) is 0 Å². The zero-order chi connectivity index (χ0) is 43.4. The summed E-state index contributed by atoms with van der Waals surface area (Å²) in [6.45, 7) is 16.3. The Kier molecular flexibility index (Phi) is 7.54. The Morgan fingerprint density at radius 3 is 2.00 bits per heavy atom. The summed E-state index contributed by atoms with van der Waals surface area (Å²) in [5.41, 5.74) is 24.0. The number of anilines is 6. The second kappa shape index (κ2) is 12.9. The van der Waals surface area contributed by atoms with E-state index in [1.807, 2.05) is 0 Å². The van der Waals surface area contributed by atoms with Crippen molar-refractivity contribution in [3.63, 3.8) is 0 Å². The summed E-state index contributed by atoms with van der Waals surface area (Å²) in [4.78, 5) is 5.00. The molecule has 0 N–H and O–H groups in total. The van der Waals surface area contributed by atoms with Gasteiger partial charge in [0.05, 0.1) is 5.69 Å². The van der Waals surface area contributed by atoms with Crippen LogP contribution in [0.3, 0.4) is 0 Å². The summed E-state index contributed by atoms with van der Waals surface area (Å²) in [6, 6.07) is 61.1. The van der Waals surface area contributed by atoms with Crippen molar-refractivity contribution in [1.29, 1.82) is 0 Å². The molecule has 13 rings (SSSR count). The lowest BCUT2D eigenvalue weighted by molar-refractivity contribution is 0.589. The third-order valence-electron chi connectivity index (χ3n) is 14.7. The van der Waals surface area contributed by atoms with E-state index in [1.165, 1.54) is 77.7 Å². The third-order valence-corrected chi connectivity index (χ3v) is 14.7. The van der Waals surface area contributed by atoms with Crippen LogP contribution < -0.4 is 26.2 Å². The summed E-state index contributed by atoms with van der Waals surface area (Å²) in [5.74, 6) is 0.